The zero-order chi connectivity index (χ0) is 14.6. The molecule has 5 nitrogen and oxygen atoms in total. The molecular formula is C13H19FN2O3. The molecule has 0 aliphatic rings. The normalized spacial score (nSPS) is 11.1. The van der Waals surface area contributed by atoms with E-state index in [2.05, 4.69) is 5.32 Å². The highest BCUT2D eigenvalue weighted by atomic mass is 19.1. The van der Waals surface area contributed by atoms with Crippen molar-refractivity contribution in [3.05, 3.63) is 24.0 Å². The molecule has 2 N–H and O–H groups in total. The molecule has 2 amide bonds. The lowest BCUT2D eigenvalue weighted by molar-refractivity contribution is 0.0550. The molecule has 0 heterocycles. The summed E-state index contributed by atoms with van der Waals surface area (Å²) in [6.07, 6.45) is 0. The number of ether oxygens (including phenoxy) is 1. The minimum Gasteiger partial charge on any atom is -0.497 e. The number of nitrogens with one attached hydrogen (secondary N) is 1. The minimum atomic E-state index is -1.01. The van der Waals surface area contributed by atoms with Gasteiger partial charge in [0.25, 0.3) is 0 Å². The van der Waals surface area contributed by atoms with E-state index in [1.807, 2.05) is 0 Å². The fraction of sp³-hybridized carbons (Fsp3) is 0.462. The summed E-state index contributed by atoms with van der Waals surface area (Å²) in [7, 11) is 2.98. The quantitative estimate of drug-likeness (QED) is 0.880. The second-order valence-corrected chi connectivity index (χ2v) is 4.94. The smallest absolute Gasteiger partial charge is 0.321 e. The van der Waals surface area contributed by atoms with Crippen LogP contribution in [-0.2, 0) is 0 Å². The maximum atomic E-state index is 13.5. The van der Waals surface area contributed by atoms with Crippen LogP contribution in [0.5, 0.6) is 5.75 Å². The molecule has 0 saturated heterocycles. The number of hydrogen-bond acceptors (Lipinski definition) is 3. The second kappa shape index (κ2) is 5.88. The van der Waals surface area contributed by atoms with Gasteiger partial charge in [0.05, 0.1) is 24.9 Å². The van der Waals surface area contributed by atoms with E-state index in [9.17, 15) is 14.3 Å². The Morgan fingerprint density at radius 3 is 2.68 bits per heavy atom. The van der Waals surface area contributed by atoms with E-state index < -0.39 is 17.4 Å². The van der Waals surface area contributed by atoms with E-state index in [1.165, 1.54) is 37.3 Å². The van der Waals surface area contributed by atoms with Crippen LogP contribution >= 0.6 is 0 Å². The molecule has 0 aromatic heterocycles. The van der Waals surface area contributed by atoms with Crippen molar-refractivity contribution in [2.45, 2.75) is 19.4 Å². The second-order valence-electron chi connectivity index (χ2n) is 4.94. The summed E-state index contributed by atoms with van der Waals surface area (Å²) in [6.45, 7) is 3.30. The SMILES string of the molecule is COc1ccc(F)c(NC(=O)N(C)CC(C)(C)O)c1. The number of benzene rings is 1. The van der Waals surface area contributed by atoms with E-state index in [0.717, 1.165) is 0 Å². The molecular weight excluding hydrogens is 251 g/mol. The zero-order valence-electron chi connectivity index (χ0n) is 11.5. The first-order valence-electron chi connectivity index (χ1n) is 5.81. The lowest BCUT2D eigenvalue weighted by Crippen LogP contribution is -2.41. The maximum absolute atomic E-state index is 13.5. The van der Waals surface area contributed by atoms with Crippen molar-refractivity contribution in [1.82, 2.24) is 4.90 Å². The van der Waals surface area contributed by atoms with Crippen molar-refractivity contribution < 1.29 is 19.0 Å². The van der Waals surface area contributed by atoms with E-state index in [4.69, 9.17) is 4.74 Å². The average molecular weight is 270 g/mol. The summed E-state index contributed by atoms with van der Waals surface area (Å²) in [4.78, 5) is 13.1. The van der Waals surface area contributed by atoms with E-state index in [1.54, 1.807) is 13.8 Å². The van der Waals surface area contributed by atoms with Crippen LogP contribution in [0.4, 0.5) is 14.9 Å². The molecule has 6 heteroatoms. The third kappa shape index (κ3) is 4.75. The van der Waals surface area contributed by atoms with Crippen LogP contribution in [0, 0.1) is 5.82 Å². The molecule has 1 rings (SSSR count). The summed E-state index contributed by atoms with van der Waals surface area (Å²) in [5.74, 6) is -0.104. The summed E-state index contributed by atoms with van der Waals surface area (Å²) in [5, 5.41) is 12.1. The number of carbonyl (C=O) groups is 1. The predicted molar refractivity (Wildman–Crippen MR) is 70.9 cm³/mol. The van der Waals surface area contributed by atoms with Gasteiger partial charge < -0.3 is 20.1 Å². The van der Waals surface area contributed by atoms with Gasteiger partial charge in [0.15, 0.2) is 0 Å². The number of hydrogen-bond donors (Lipinski definition) is 2. The highest BCUT2D eigenvalue weighted by Gasteiger charge is 2.20. The number of urea groups is 1. The molecule has 1 aromatic carbocycles. The van der Waals surface area contributed by atoms with Gasteiger partial charge in [-0.15, -0.1) is 0 Å². The largest absolute Gasteiger partial charge is 0.497 e. The molecule has 0 saturated carbocycles. The maximum Gasteiger partial charge on any atom is 0.321 e. The number of methoxy groups -OCH3 is 1. The molecule has 1 aromatic rings. The number of rotatable bonds is 4. The number of aliphatic hydroxyl groups is 1. The van der Waals surface area contributed by atoms with Gasteiger partial charge in [-0.25, -0.2) is 9.18 Å². The first kappa shape index (κ1) is 15.2. The Labute approximate surface area is 112 Å². The van der Waals surface area contributed by atoms with Gasteiger partial charge in [-0.2, -0.15) is 0 Å². The molecule has 0 bridgehead atoms. The molecule has 0 radical (unpaired) electrons. The van der Waals surface area contributed by atoms with Crippen molar-refractivity contribution in [3.8, 4) is 5.75 Å². The van der Waals surface area contributed by atoms with E-state index >= 15 is 0 Å². The predicted octanol–water partition coefficient (Wildman–Crippen LogP) is 2.07. The number of amides is 2. The van der Waals surface area contributed by atoms with Gasteiger partial charge >= 0.3 is 6.03 Å². The first-order chi connectivity index (χ1) is 8.73. The number of halogens is 1. The Hall–Kier alpha value is -1.82. The third-order valence-corrected chi connectivity index (χ3v) is 2.39. The van der Waals surface area contributed by atoms with Crippen molar-refractivity contribution in [1.29, 1.82) is 0 Å². The highest BCUT2D eigenvalue weighted by Crippen LogP contribution is 2.21. The lowest BCUT2D eigenvalue weighted by atomic mass is 10.1. The van der Waals surface area contributed by atoms with Gasteiger partial charge in [0.1, 0.15) is 11.6 Å². The van der Waals surface area contributed by atoms with Crippen molar-refractivity contribution in [3.63, 3.8) is 0 Å². The summed E-state index contributed by atoms with van der Waals surface area (Å²) >= 11 is 0. The molecule has 0 aliphatic carbocycles. The Bertz CT molecular complexity index is 458. The topological polar surface area (TPSA) is 61.8 Å². The third-order valence-electron chi connectivity index (χ3n) is 2.39. The van der Waals surface area contributed by atoms with Gasteiger partial charge in [0, 0.05) is 13.1 Å². The molecule has 0 unspecified atom stereocenters. The first-order valence-corrected chi connectivity index (χ1v) is 5.81. The van der Waals surface area contributed by atoms with Crippen molar-refractivity contribution in [2.24, 2.45) is 0 Å². The van der Waals surface area contributed by atoms with Gasteiger partial charge in [-0.1, -0.05) is 0 Å². The highest BCUT2D eigenvalue weighted by molar-refractivity contribution is 5.89. The average Bonchev–Trinajstić information content (AvgIpc) is 2.29. The fourth-order valence-corrected chi connectivity index (χ4v) is 1.59. The molecule has 0 atom stereocenters. The van der Waals surface area contributed by atoms with Crippen LogP contribution in [-0.4, -0.2) is 42.3 Å². The van der Waals surface area contributed by atoms with Gasteiger partial charge in [-0.3, -0.25) is 0 Å². The fourth-order valence-electron chi connectivity index (χ4n) is 1.59. The number of anilines is 1. The van der Waals surface area contributed by atoms with Crippen LogP contribution < -0.4 is 10.1 Å². The van der Waals surface area contributed by atoms with Crippen LogP contribution in [0.3, 0.4) is 0 Å². The Kier molecular flexibility index (Phi) is 4.72. The Morgan fingerprint density at radius 2 is 2.16 bits per heavy atom. The molecule has 0 spiro atoms. The molecule has 106 valence electrons. The Morgan fingerprint density at radius 1 is 1.53 bits per heavy atom. The van der Waals surface area contributed by atoms with Gasteiger partial charge in [0.2, 0.25) is 0 Å². The zero-order valence-corrected chi connectivity index (χ0v) is 11.5. The molecule has 0 fully saturated rings. The molecule has 0 aliphatic heterocycles. The van der Waals surface area contributed by atoms with Crippen molar-refractivity contribution >= 4 is 11.7 Å². The Balaban J connectivity index is 2.76. The van der Waals surface area contributed by atoms with Crippen LogP contribution in [0.2, 0.25) is 0 Å². The van der Waals surface area contributed by atoms with Crippen molar-refractivity contribution in [2.75, 3.05) is 26.0 Å². The number of carbonyl (C=O) groups excluding carboxylic acids is 1. The number of likely N-dealkylation sites (N-methyl/N-ethyl adjacent to an activating group) is 1. The monoisotopic (exact) mass is 270 g/mol. The number of nitrogens with zero attached hydrogens (tertiary/aromatic N) is 1. The summed E-state index contributed by atoms with van der Waals surface area (Å²) in [5.41, 5.74) is -0.981. The van der Waals surface area contributed by atoms with Crippen LogP contribution in [0.1, 0.15) is 13.8 Å². The summed E-state index contributed by atoms with van der Waals surface area (Å²) < 4.78 is 18.5. The standard InChI is InChI=1S/C13H19FN2O3/c1-13(2,18)8-16(3)12(17)15-11-7-9(19-4)5-6-10(11)14/h5-7,18H,8H2,1-4H3,(H,15,17). The lowest BCUT2D eigenvalue weighted by Gasteiger charge is -2.25. The molecule has 19 heavy (non-hydrogen) atoms. The summed E-state index contributed by atoms with van der Waals surface area (Å²) in [6, 6.07) is 3.57. The van der Waals surface area contributed by atoms with E-state index in [0.29, 0.717) is 5.75 Å². The van der Waals surface area contributed by atoms with Gasteiger partial charge in [-0.05, 0) is 26.0 Å². The van der Waals surface area contributed by atoms with Crippen LogP contribution in [0.25, 0.3) is 0 Å². The van der Waals surface area contributed by atoms with Crippen LogP contribution in [0.15, 0.2) is 18.2 Å². The minimum absolute atomic E-state index is 0.0342. The van der Waals surface area contributed by atoms with E-state index in [-0.39, 0.29) is 12.2 Å².